The van der Waals surface area contributed by atoms with Crippen LogP contribution in [0.2, 0.25) is 0 Å². The lowest BCUT2D eigenvalue weighted by molar-refractivity contribution is 0.312. The third kappa shape index (κ3) is 3.98. The van der Waals surface area contributed by atoms with Crippen LogP contribution in [0, 0.1) is 0 Å². The van der Waals surface area contributed by atoms with Gasteiger partial charge in [-0.05, 0) is 0 Å². The number of hydrogen-bond donors (Lipinski definition) is 0. The summed E-state index contributed by atoms with van der Waals surface area (Å²) < 4.78 is 48.5. The van der Waals surface area contributed by atoms with E-state index in [-0.39, 0.29) is 6.61 Å². The van der Waals surface area contributed by atoms with Crippen LogP contribution in [0.5, 0.6) is 0 Å². The van der Waals surface area contributed by atoms with Gasteiger partial charge in [-0.2, -0.15) is 17.6 Å². The van der Waals surface area contributed by atoms with Gasteiger partial charge in [0.15, 0.2) is 0 Å². The minimum Gasteiger partial charge on any atom is -0.265 e. The van der Waals surface area contributed by atoms with Gasteiger partial charge in [-0.3, -0.25) is 4.18 Å². The molecule has 0 aromatic carbocycles. The average molecular weight is 254 g/mol. The van der Waals surface area contributed by atoms with Gasteiger partial charge in [-0.15, -0.1) is 0 Å². The van der Waals surface area contributed by atoms with Crippen LogP contribution in [-0.2, 0) is 30.9 Å². The van der Waals surface area contributed by atoms with E-state index in [1.807, 2.05) is 0 Å². The molecule has 0 aliphatic rings. The van der Waals surface area contributed by atoms with Gasteiger partial charge in [0.1, 0.15) is 0 Å². The van der Waals surface area contributed by atoms with Gasteiger partial charge in [0.05, 0.1) is 25.3 Å². The second-order valence-corrected chi connectivity index (χ2v) is 6.43. The van der Waals surface area contributed by atoms with E-state index in [9.17, 15) is 16.8 Å². The first-order valence-corrected chi connectivity index (χ1v) is 7.43. The Labute approximate surface area is 87.8 Å². The van der Waals surface area contributed by atoms with E-state index in [1.165, 1.54) is 12.4 Å². The molecule has 0 radical (unpaired) electrons. The molecule has 86 valence electrons. The van der Waals surface area contributed by atoms with Crippen LogP contribution in [0.15, 0.2) is 12.4 Å². The van der Waals surface area contributed by atoms with E-state index >= 15 is 0 Å². The first kappa shape index (κ1) is 12.1. The molecule has 0 spiro atoms. The lowest BCUT2D eigenvalue weighted by Crippen LogP contribution is -2.10. The summed E-state index contributed by atoms with van der Waals surface area (Å²) in [6.45, 7) is -0.228. The van der Waals surface area contributed by atoms with E-state index in [2.05, 4.69) is 9.28 Å². The Kier molecular flexibility index (Phi) is 3.16. The number of nitrogens with zero attached hydrogens (tertiary/aromatic N) is 2. The summed E-state index contributed by atoms with van der Waals surface area (Å²) in [5, 5.41) is 3.54. The van der Waals surface area contributed by atoms with Crippen molar-refractivity contribution in [3.8, 4) is 0 Å². The zero-order valence-electron chi connectivity index (χ0n) is 8.11. The summed E-state index contributed by atoms with van der Waals surface area (Å²) in [7, 11) is -6.97. The van der Waals surface area contributed by atoms with Crippen LogP contribution >= 0.6 is 0 Å². The fraction of sp³-hybridized carbons (Fsp3) is 0.500. The van der Waals surface area contributed by atoms with Crippen molar-refractivity contribution >= 4 is 20.1 Å². The minimum absolute atomic E-state index is 0.228. The smallest absolute Gasteiger partial charge is 0.264 e. The SMILES string of the molecule is CS(=O)(=O)OCc1cnn(S(C)(=O)=O)c1. The highest BCUT2D eigenvalue weighted by Crippen LogP contribution is 2.03. The van der Waals surface area contributed by atoms with Gasteiger partial charge in [0.2, 0.25) is 0 Å². The Morgan fingerprint density at radius 3 is 2.33 bits per heavy atom. The van der Waals surface area contributed by atoms with E-state index in [1.54, 1.807) is 0 Å². The third-order valence-corrected chi connectivity index (χ3v) is 2.82. The molecule has 0 bridgehead atoms. The fourth-order valence-corrected chi connectivity index (χ4v) is 1.67. The summed E-state index contributed by atoms with van der Waals surface area (Å²) in [4.78, 5) is 0. The van der Waals surface area contributed by atoms with Crippen molar-refractivity contribution in [2.24, 2.45) is 0 Å². The van der Waals surface area contributed by atoms with Gasteiger partial charge in [0, 0.05) is 11.8 Å². The predicted octanol–water partition coefficient (Wildman–Crippen LogP) is -0.833. The van der Waals surface area contributed by atoms with E-state index in [0.717, 1.165) is 16.6 Å². The molecule has 0 amide bonds. The second kappa shape index (κ2) is 3.91. The summed E-state index contributed by atoms with van der Waals surface area (Å²) in [6, 6.07) is 0. The molecular formula is C6H10N2O5S2. The van der Waals surface area contributed by atoms with Crippen LogP contribution in [-0.4, -0.2) is 38.5 Å². The Morgan fingerprint density at radius 2 is 1.93 bits per heavy atom. The molecule has 1 rings (SSSR count). The van der Waals surface area contributed by atoms with Crippen molar-refractivity contribution in [1.29, 1.82) is 0 Å². The van der Waals surface area contributed by atoms with Crippen molar-refractivity contribution in [1.82, 2.24) is 9.19 Å². The summed E-state index contributed by atoms with van der Waals surface area (Å²) in [6.07, 6.45) is 4.32. The lowest BCUT2D eigenvalue weighted by atomic mass is 10.4. The average Bonchev–Trinajstić information content (AvgIpc) is 2.45. The van der Waals surface area contributed by atoms with Crippen molar-refractivity contribution in [3.05, 3.63) is 18.0 Å². The Bertz CT molecular complexity index is 542. The van der Waals surface area contributed by atoms with Gasteiger partial charge in [-0.1, -0.05) is 0 Å². The van der Waals surface area contributed by atoms with Crippen LogP contribution in [0.25, 0.3) is 0 Å². The maximum absolute atomic E-state index is 11.0. The summed E-state index contributed by atoms with van der Waals surface area (Å²) >= 11 is 0. The lowest BCUT2D eigenvalue weighted by Gasteiger charge is -1.97. The van der Waals surface area contributed by atoms with Gasteiger partial charge >= 0.3 is 0 Å². The molecule has 1 aromatic heterocycles. The van der Waals surface area contributed by atoms with Crippen molar-refractivity contribution in [3.63, 3.8) is 0 Å². The fourth-order valence-electron chi connectivity index (χ4n) is 0.771. The molecule has 7 nitrogen and oxygen atoms in total. The summed E-state index contributed by atoms with van der Waals surface area (Å²) in [5.41, 5.74) is 0.367. The molecule has 0 saturated heterocycles. The number of hydrogen-bond acceptors (Lipinski definition) is 6. The molecule has 1 heterocycles. The molecule has 0 fully saturated rings. The molecule has 9 heteroatoms. The molecule has 0 atom stereocenters. The summed E-state index contributed by atoms with van der Waals surface area (Å²) in [5.74, 6) is 0. The molecule has 0 N–H and O–H groups in total. The highest BCUT2D eigenvalue weighted by Gasteiger charge is 2.09. The maximum atomic E-state index is 11.0. The predicted molar refractivity (Wildman–Crippen MR) is 52.1 cm³/mol. The van der Waals surface area contributed by atoms with E-state index in [0.29, 0.717) is 5.56 Å². The number of rotatable bonds is 4. The van der Waals surface area contributed by atoms with E-state index in [4.69, 9.17) is 0 Å². The first-order chi connectivity index (χ1) is 6.68. The normalized spacial score (nSPS) is 12.9. The van der Waals surface area contributed by atoms with Crippen LogP contribution < -0.4 is 0 Å². The van der Waals surface area contributed by atoms with Crippen LogP contribution in [0.1, 0.15) is 5.56 Å². The minimum atomic E-state index is -3.54. The first-order valence-electron chi connectivity index (χ1n) is 3.77. The molecule has 1 aromatic rings. The zero-order chi connectivity index (χ0) is 11.7. The van der Waals surface area contributed by atoms with Crippen molar-refractivity contribution in [2.75, 3.05) is 12.5 Å². The second-order valence-electron chi connectivity index (χ2n) is 2.95. The van der Waals surface area contributed by atoms with Gasteiger partial charge < -0.3 is 0 Å². The quantitative estimate of drug-likeness (QED) is 0.651. The van der Waals surface area contributed by atoms with Crippen molar-refractivity contribution < 1.29 is 21.0 Å². The number of aromatic nitrogens is 2. The molecular weight excluding hydrogens is 244 g/mol. The maximum Gasteiger partial charge on any atom is 0.264 e. The molecule has 0 unspecified atom stereocenters. The Hall–Kier alpha value is -0.930. The standard InChI is InChI=1S/C6H10N2O5S2/c1-14(9,10)8-4-6(3-7-8)5-13-15(2,11)12/h3-4H,5H2,1-2H3. The molecule has 0 aliphatic carbocycles. The highest BCUT2D eigenvalue weighted by atomic mass is 32.2. The monoisotopic (exact) mass is 254 g/mol. The van der Waals surface area contributed by atoms with Gasteiger partial charge in [-0.25, -0.2) is 8.42 Å². The van der Waals surface area contributed by atoms with Crippen molar-refractivity contribution in [2.45, 2.75) is 6.61 Å². The topological polar surface area (TPSA) is 95.3 Å². The molecule has 0 aliphatic heterocycles. The largest absolute Gasteiger partial charge is 0.265 e. The Morgan fingerprint density at radius 1 is 1.33 bits per heavy atom. The zero-order valence-corrected chi connectivity index (χ0v) is 9.75. The van der Waals surface area contributed by atoms with Gasteiger partial charge in [0.25, 0.3) is 20.1 Å². The molecule has 0 saturated carbocycles. The van der Waals surface area contributed by atoms with Crippen LogP contribution in [0.3, 0.4) is 0 Å². The highest BCUT2D eigenvalue weighted by molar-refractivity contribution is 7.89. The third-order valence-electron chi connectivity index (χ3n) is 1.39. The Balaban J connectivity index is 2.79. The molecule has 15 heavy (non-hydrogen) atoms. The van der Waals surface area contributed by atoms with E-state index < -0.39 is 20.1 Å². The van der Waals surface area contributed by atoms with Crippen LogP contribution in [0.4, 0.5) is 0 Å².